The summed E-state index contributed by atoms with van der Waals surface area (Å²) in [4.78, 5) is 26.1. The summed E-state index contributed by atoms with van der Waals surface area (Å²) in [7, 11) is 0. The zero-order valence-electron chi connectivity index (χ0n) is 31.7. The maximum Gasteiger partial charge on any atom is 0.265 e. The molecule has 0 bridgehead atoms. The van der Waals surface area contributed by atoms with Gasteiger partial charge in [-0.2, -0.15) is 4.98 Å². The summed E-state index contributed by atoms with van der Waals surface area (Å²) in [5, 5.41) is 6.71. The molecule has 8 aromatic carbocycles. The number of nitrogens with zero attached hydrogens (tertiary/aromatic N) is 5. The van der Waals surface area contributed by atoms with E-state index in [0.29, 0.717) is 17.0 Å². The van der Waals surface area contributed by atoms with Crippen LogP contribution in [0.3, 0.4) is 0 Å². The fourth-order valence-corrected chi connectivity index (χ4v) is 9.15. The van der Waals surface area contributed by atoms with Crippen molar-refractivity contribution in [2.75, 3.05) is 0 Å². The maximum atomic E-state index is 15.4. The first kappa shape index (κ1) is 33.1. The lowest BCUT2D eigenvalue weighted by atomic mass is 9.97. The maximum absolute atomic E-state index is 15.4. The quantitative estimate of drug-likeness (QED) is 0.164. The Morgan fingerprint density at radius 1 is 0.390 bits per heavy atom. The van der Waals surface area contributed by atoms with Gasteiger partial charge in [-0.05, 0) is 58.7 Å². The van der Waals surface area contributed by atoms with E-state index in [4.69, 9.17) is 9.97 Å². The number of fused-ring (bicyclic) bond motifs is 10. The fourth-order valence-electron chi connectivity index (χ4n) is 9.15. The van der Waals surface area contributed by atoms with Crippen molar-refractivity contribution < 1.29 is 0 Å². The lowest BCUT2D eigenvalue weighted by Gasteiger charge is -2.17. The number of hydrogen-bond acceptors (Lipinski definition) is 3. The van der Waals surface area contributed by atoms with Crippen molar-refractivity contribution in [3.05, 3.63) is 211 Å². The molecule has 0 aliphatic heterocycles. The van der Waals surface area contributed by atoms with E-state index >= 15 is 4.79 Å². The minimum Gasteiger partial charge on any atom is -0.307 e. The van der Waals surface area contributed by atoms with Crippen molar-refractivity contribution in [2.24, 2.45) is 0 Å². The lowest BCUT2D eigenvalue weighted by molar-refractivity contribution is 0.965. The van der Waals surface area contributed by atoms with Gasteiger partial charge in [-0.15, -0.1) is 0 Å². The highest BCUT2D eigenvalue weighted by Gasteiger charge is 2.24. The van der Waals surface area contributed by atoms with Crippen molar-refractivity contribution in [3.8, 4) is 39.6 Å². The van der Waals surface area contributed by atoms with Crippen molar-refractivity contribution in [3.63, 3.8) is 0 Å². The second kappa shape index (κ2) is 13.0. The zero-order valence-corrected chi connectivity index (χ0v) is 31.7. The van der Waals surface area contributed by atoms with Crippen molar-refractivity contribution >= 4 is 65.4 Å². The third kappa shape index (κ3) is 4.96. The number of benzene rings is 8. The van der Waals surface area contributed by atoms with Gasteiger partial charge in [0, 0.05) is 44.2 Å². The van der Waals surface area contributed by atoms with E-state index in [9.17, 15) is 0 Å². The van der Waals surface area contributed by atoms with Gasteiger partial charge in [0.25, 0.3) is 5.56 Å². The van der Waals surface area contributed by atoms with Gasteiger partial charge in [-0.3, -0.25) is 13.9 Å². The highest BCUT2D eigenvalue weighted by atomic mass is 16.1. The first-order valence-corrected chi connectivity index (χ1v) is 19.8. The zero-order chi connectivity index (χ0) is 39.0. The smallest absolute Gasteiger partial charge is 0.265 e. The molecule has 0 aliphatic carbocycles. The Morgan fingerprint density at radius 2 is 0.932 bits per heavy atom. The average Bonchev–Trinajstić information content (AvgIpc) is 3.83. The molecule has 6 nitrogen and oxygen atoms in total. The molecular formula is C53H33N5O. The molecule has 4 heterocycles. The molecule has 0 N–H and O–H groups in total. The van der Waals surface area contributed by atoms with Gasteiger partial charge < -0.3 is 4.57 Å². The van der Waals surface area contributed by atoms with Crippen LogP contribution in [-0.2, 0) is 0 Å². The van der Waals surface area contributed by atoms with Crippen molar-refractivity contribution in [2.45, 2.75) is 0 Å². The molecule has 0 amide bonds. The van der Waals surface area contributed by atoms with E-state index in [-0.39, 0.29) is 5.56 Å². The van der Waals surface area contributed by atoms with Crippen LogP contribution in [0.25, 0.3) is 105 Å². The summed E-state index contributed by atoms with van der Waals surface area (Å²) >= 11 is 0. The SMILES string of the molecule is O=c1c2c(-c3ccccc3)cccc2c2cnc(-n3c4ccccc4c4ccc5c6ccccc6n(-c6ccccc6)c5c43)nc2n1-c1cccc(-c2ccccc2)c1. The van der Waals surface area contributed by atoms with Crippen LogP contribution in [0.1, 0.15) is 0 Å². The van der Waals surface area contributed by atoms with Gasteiger partial charge in [0.1, 0.15) is 0 Å². The van der Waals surface area contributed by atoms with E-state index in [1.165, 1.54) is 0 Å². The third-order valence-corrected chi connectivity index (χ3v) is 11.7. The number of aromatic nitrogens is 5. The van der Waals surface area contributed by atoms with Crippen LogP contribution in [0.15, 0.2) is 205 Å². The molecular weight excluding hydrogens is 723 g/mol. The van der Waals surface area contributed by atoms with Gasteiger partial charge in [-0.1, -0.05) is 158 Å². The van der Waals surface area contributed by atoms with E-state index in [1.54, 1.807) is 4.57 Å². The molecule has 276 valence electrons. The van der Waals surface area contributed by atoms with Gasteiger partial charge in [0.2, 0.25) is 5.95 Å². The second-order valence-corrected chi connectivity index (χ2v) is 15.0. The fraction of sp³-hybridized carbons (Fsp3) is 0. The lowest BCUT2D eigenvalue weighted by Crippen LogP contribution is -2.21. The Morgan fingerprint density at radius 3 is 1.64 bits per heavy atom. The summed E-state index contributed by atoms with van der Waals surface area (Å²) in [6, 6.07) is 66.6. The standard InChI is InChI=1S/C53H33N5O/c59-52-48-39(35-18-6-2-7-19-35)26-15-27-42(48)45-33-54-53(55-51(45)57(52)38-23-14-20-36(32-38)34-16-4-1-5-17-34)58-47-29-13-11-25-41(47)44-31-30-43-40-24-10-12-28-46(40)56(49(43)50(44)58)37-21-8-3-9-22-37/h1-33H. The molecule has 0 aliphatic rings. The van der Waals surface area contributed by atoms with Crippen LogP contribution >= 0.6 is 0 Å². The topological polar surface area (TPSA) is 57.6 Å². The summed E-state index contributed by atoms with van der Waals surface area (Å²) in [5.74, 6) is 0.479. The van der Waals surface area contributed by atoms with Crippen LogP contribution in [0.2, 0.25) is 0 Å². The molecule has 0 saturated carbocycles. The Bertz CT molecular complexity index is 3680. The molecule has 12 aromatic rings. The van der Waals surface area contributed by atoms with E-state index in [1.807, 2.05) is 72.9 Å². The number of rotatable bonds is 5. The predicted octanol–water partition coefficient (Wildman–Crippen LogP) is 12.5. The average molecular weight is 756 g/mol. The van der Waals surface area contributed by atoms with Crippen molar-refractivity contribution in [1.29, 1.82) is 0 Å². The molecule has 12 rings (SSSR count). The molecule has 0 saturated heterocycles. The second-order valence-electron chi connectivity index (χ2n) is 15.0. The molecule has 6 heteroatoms. The predicted molar refractivity (Wildman–Crippen MR) is 242 cm³/mol. The summed E-state index contributed by atoms with van der Waals surface area (Å²) in [6.07, 6.45) is 1.90. The normalized spacial score (nSPS) is 11.8. The molecule has 0 unspecified atom stereocenters. The molecule has 59 heavy (non-hydrogen) atoms. The Labute approximate surface area is 338 Å². The number of hydrogen-bond donors (Lipinski definition) is 0. The van der Waals surface area contributed by atoms with Gasteiger partial charge >= 0.3 is 0 Å². The molecule has 0 radical (unpaired) electrons. The van der Waals surface area contributed by atoms with E-state index < -0.39 is 0 Å². The Hall–Kier alpha value is -8.09. The third-order valence-electron chi connectivity index (χ3n) is 11.7. The minimum atomic E-state index is -0.143. The summed E-state index contributed by atoms with van der Waals surface area (Å²) in [5.41, 5.74) is 10.2. The van der Waals surface area contributed by atoms with E-state index in [2.05, 4.69) is 137 Å². The first-order chi connectivity index (χ1) is 29.2. The molecule has 4 aromatic heterocycles. The Balaban J connectivity index is 1.23. The molecule has 0 atom stereocenters. The van der Waals surface area contributed by atoms with Gasteiger partial charge in [0.05, 0.1) is 33.1 Å². The van der Waals surface area contributed by atoms with Gasteiger partial charge in [-0.25, -0.2) is 4.98 Å². The highest BCUT2D eigenvalue weighted by Crippen LogP contribution is 2.42. The van der Waals surface area contributed by atoms with E-state index in [0.717, 1.165) is 88.0 Å². The highest BCUT2D eigenvalue weighted by molar-refractivity contribution is 6.23. The summed E-state index contributed by atoms with van der Waals surface area (Å²) in [6.45, 7) is 0. The van der Waals surface area contributed by atoms with Gasteiger partial charge in [0.15, 0.2) is 5.65 Å². The first-order valence-electron chi connectivity index (χ1n) is 19.8. The van der Waals surface area contributed by atoms with Crippen LogP contribution in [-0.4, -0.2) is 23.7 Å². The van der Waals surface area contributed by atoms with Crippen LogP contribution in [0, 0.1) is 0 Å². The van der Waals surface area contributed by atoms with Crippen LogP contribution in [0.4, 0.5) is 0 Å². The number of para-hydroxylation sites is 3. The number of pyridine rings is 1. The van der Waals surface area contributed by atoms with Crippen LogP contribution in [0.5, 0.6) is 0 Å². The van der Waals surface area contributed by atoms with Crippen LogP contribution < -0.4 is 5.56 Å². The monoisotopic (exact) mass is 755 g/mol. The largest absolute Gasteiger partial charge is 0.307 e. The Kier molecular flexibility index (Phi) is 7.28. The molecule has 0 fully saturated rings. The van der Waals surface area contributed by atoms with Crippen molar-refractivity contribution in [1.82, 2.24) is 23.7 Å². The minimum absolute atomic E-state index is 0.143. The summed E-state index contributed by atoms with van der Waals surface area (Å²) < 4.78 is 6.32. The molecule has 0 spiro atoms.